The largest absolute Gasteiger partial charge is 0.329 e. The molecule has 1 unspecified atom stereocenters. The Morgan fingerprint density at radius 2 is 1.97 bits per heavy atom. The van der Waals surface area contributed by atoms with Crippen molar-refractivity contribution in [3.63, 3.8) is 0 Å². The second kappa shape index (κ2) is 9.26. The number of carbonyl (C=O) groups is 2. The zero-order valence-corrected chi connectivity index (χ0v) is 20.3. The van der Waals surface area contributed by atoms with Crippen LogP contribution < -0.4 is 10.6 Å². The molecule has 1 saturated heterocycles. The number of hydrogen-bond acceptors (Lipinski definition) is 4. The number of nitrogens with zero attached hydrogens (tertiary/aromatic N) is 2. The molecule has 3 heterocycles. The smallest absolute Gasteiger partial charge is 0.255 e. The highest BCUT2D eigenvalue weighted by molar-refractivity contribution is 6.01. The van der Waals surface area contributed by atoms with Crippen molar-refractivity contribution >= 4 is 11.8 Å². The summed E-state index contributed by atoms with van der Waals surface area (Å²) in [7, 11) is 0. The number of aryl methyl sites for hydroxylation is 1. The first kappa shape index (κ1) is 22.5. The number of amides is 2. The Morgan fingerprint density at radius 3 is 2.86 bits per heavy atom. The lowest BCUT2D eigenvalue weighted by atomic mass is 9.79. The number of rotatable bonds is 5. The quantitative estimate of drug-likeness (QED) is 0.621. The maximum absolute atomic E-state index is 13.1. The highest BCUT2D eigenvalue weighted by Crippen LogP contribution is 2.33. The predicted octanol–water partition coefficient (Wildman–Crippen LogP) is 3.41. The van der Waals surface area contributed by atoms with Crippen LogP contribution in [0.2, 0.25) is 0 Å². The third-order valence-corrected chi connectivity index (χ3v) is 8.58. The van der Waals surface area contributed by atoms with Gasteiger partial charge in [0.15, 0.2) is 0 Å². The number of aromatic nitrogens is 2. The Balaban J connectivity index is 1.12. The van der Waals surface area contributed by atoms with Crippen molar-refractivity contribution in [3.05, 3.63) is 64.6 Å². The number of hydrogen-bond donors (Lipinski definition) is 3. The Hall–Kier alpha value is -2.93. The number of H-pyrrole nitrogens is 1. The highest BCUT2D eigenvalue weighted by atomic mass is 16.2. The van der Waals surface area contributed by atoms with E-state index >= 15 is 0 Å². The van der Waals surface area contributed by atoms with Crippen molar-refractivity contribution in [2.24, 2.45) is 5.92 Å². The number of aromatic amines is 1. The van der Waals surface area contributed by atoms with Gasteiger partial charge in [0.1, 0.15) is 6.04 Å². The monoisotopic (exact) mass is 473 g/mol. The van der Waals surface area contributed by atoms with Crippen molar-refractivity contribution in [2.45, 2.75) is 88.9 Å². The van der Waals surface area contributed by atoms with E-state index in [0.29, 0.717) is 31.0 Å². The van der Waals surface area contributed by atoms with Gasteiger partial charge in [0.2, 0.25) is 5.91 Å². The maximum atomic E-state index is 13.1. The number of fused-ring (bicyclic) bond motifs is 2. The molecule has 0 spiro atoms. The molecule has 184 valence electrons. The summed E-state index contributed by atoms with van der Waals surface area (Å²) in [6, 6.07) is 6.98. The fourth-order valence-electron chi connectivity index (χ4n) is 6.66. The Kier molecular flexibility index (Phi) is 5.96. The van der Waals surface area contributed by atoms with Crippen LogP contribution in [0.15, 0.2) is 36.7 Å². The average molecular weight is 474 g/mol. The van der Waals surface area contributed by atoms with Crippen molar-refractivity contribution in [3.8, 4) is 0 Å². The summed E-state index contributed by atoms with van der Waals surface area (Å²) in [6.45, 7) is 4.38. The molecule has 2 aliphatic heterocycles. The number of benzene rings is 1. The number of allylic oxidation sites excluding steroid dienone is 1. The van der Waals surface area contributed by atoms with Gasteiger partial charge in [-0.3, -0.25) is 14.7 Å². The minimum atomic E-state index is -0.401. The van der Waals surface area contributed by atoms with E-state index in [1.807, 2.05) is 12.3 Å². The molecule has 35 heavy (non-hydrogen) atoms. The summed E-state index contributed by atoms with van der Waals surface area (Å²) in [5, 5.41) is 14.2. The molecular weight excluding hydrogens is 438 g/mol. The molecule has 2 aliphatic carbocycles. The van der Waals surface area contributed by atoms with Gasteiger partial charge in [-0.05, 0) is 73.6 Å². The topological polar surface area (TPSA) is 90.1 Å². The van der Waals surface area contributed by atoms with Crippen LogP contribution in [0.4, 0.5) is 0 Å². The molecule has 1 aromatic heterocycles. The van der Waals surface area contributed by atoms with E-state index in [0.717, 1.165) is 42.5 Å². The molecule has 4 atom stereocenters. The van der Waals surface area contributed by atoms with Crippen molar-refractivity contribution < 1.29 is 9.59 Å². The molecule has 3 N–H and O–H groups in total. The lowest BCUT2D eigenvalue weighted by Crippen LogP contribution is -2.49. The third-order valence-electron chi connectivity index (χ3n) is 8.58. The van der Waals surface area contributed by atoms with Gasteiger partial charge in [-0.25, -0.2) is 0 Å². The normalized spacial score (nSPS) is 28.6. The fraction of sp³-hybridized carbons (Fsp3) is 0.536. The zero-order valence-electron chi connectivity index (χ0n) is 20.3. The van der Waals surface area contributed by atoms with Crippen molar-refractivity contribution in [1.29, 1.82) is 0 Å². The molecule has 7 heteroatoms. The molecule has 7 nitrogen and oxygen atoms in total. The first-order chi connectivity index (χ1) is 17.0. The Morgan fingerprint density at radius 1 is 1.09 bits per heavy atom. The molecule has 2 fully saturated rings. The second-order valence-electron chi connectivity index (χ2n) is 10.9. The minimum absolute atomic E-state index is 0.0214. The summed E-state index contributed by atoms with van der Waals surface area (Å²) in [5.74, 6) is 0.476. The lowest BCUT2D eigenvalue weighted by molar-refractivity contribution is -0.126. The van der Waals surface area contributed by atoms with Gasteiger partial charge < -0.3 is 15.5 Å². The van der Waals surface area contributed by atoms with E-state index in [-0.39, 0.29) is 11.8 Å². The van der Waals surface area contributed by atoms with Gasteiger partial charge in [-0.15, -0.1) is 0 Å². The van der Waals surface area contributed by atoms with Crippen LogP contribution in [0.5, 0.6) is 0 Å². The SMILES string of the molecule is C=C1CCC(N2Cc3cc(C[C@H]4CCCC[C@@H]4N[C@H]4CCc5cn[nH]c5C4)ccc3C2=O)C(=O)N1. The van der Waals surface area contributed by atoms with Crippen LogP contribution in [-0.2, 0) is 30.6 Å². The zero-order chi connectivity index (χ0) is 23.9. The van der Waals surface area contributed by atoms with E-state index in [1.165, 1.54) is 48.9 Å². The average Bonchev–Trinajstić information content (AvgIpc) is 3.44. The lowest BCUT2D eigenvalue weighted by Gasteiger charge is -2.36. The van der Waals surface area contributed by atoms with Crippen LogP contribution in [-0.4, -0.2) is 45.0 Å². The van der Waals surface area contributed by atoms with E-state index in [9.17, 15) is 9.59 Å². The summed E-state index contributed by atoms with van der Waals surface area (Å²) in [4.78, 5) is 27.3. The number of carbonyl (C=O) groups excluding carboxylic acids is 2. The minimum Gasteiger partial charge on any atom is -0.329 e. The molecule has 0 radical (unpaired) electrons. The molecule has 1 saturated carbocycles. The van der Waals surface area contributed by atoms with Crippen molar-refractivity contribution in [2.75, 3.05) is 0 Å². The summed E-state index contributed by atoms with van der Waals surface area (Å²) in [6.07, 6.45) is 12.8. The van der Waals surface area contributed by atoms with Gasteiger partial charge in [0, 0.05) is 42.0 Å². The Labute approximate surface area is 206 Å². The number of piperidine rings is 1. The standard InChI is InChI=1S/C28H35N5O2/c1-17-6-11-26(27(34)30-17)33-16-21-13-18(7-10-23(21)28(33)35)12-19-4-2-3-5-24(19)31-22-9-8-20-15-29-32-25(20)14-22/h7,10,13,15,19,22,24,26,31H,1-6,8-9,11-12,14,16H2,(H,29,32)(H,30,34)/t19-,22+,24+,26?/m1/s1. The van der Waals surface area contributed by atoms with Gasteiger partial charge in [-0.1, -0.05) is 31.6 Å². The van der Waals surface area contributed by atoms with Crippen LogP contribution in [0, 0.1) is 5.92 Å². The van der Waals surface area contributed by atoms with E-state index in [4.69, 9.17) is 0 Å². The Bertz CT molecular complexity index is 1150. The predicted molar refractivity (Wildman–Crippen MR) is 134 cm³/mol. The highest BCUT2D eigenvalue weighted by Gasteiger charge is 2.38. The van der Waals surface area contributed by atoms with Crippen LogP contribution in [0.3, 0.4) is 0 Å². The van der Waals surface area contributed by atoms with E-state index in [1.54, 1.807) is 4.90 Å². The maximum Gasteiger partial charge on any atom is 0.255 e. The molecule has 2 aromatic rings. The molecule has 6 rings (SSSR count). The van der Waals surface area contributed by atoms with Crippen LogP contribution in [0.25, 0.3) is 0 Å². The summed E-state index contributed by atoms with van der Waals surface area (Å²) in [5.41, 5.74) is 6.53. The van der Waals surface area contributed by atoms with Crippen LogP contribution in [0.1, 0.15) is 77.7 Å². The van der Waals surface area contributed by atoms with Crippen LogP contribution >= 0.6 is 0 Å². The summed E-state index contributed by atoms with van der Waals surface area (Å²) >= 11 is 0. The summed E-state index contributed by atoms with van der Waals surface area (Å²) < 4.78 is 0. The number of nitrogens with one attached hydrogen (secondary N) is 3. The third kappa shape index (κ3) is 4.42. The van der Waals surface area contributed by atoms with E-state index in [2.05, 4.69) is 39.5 Å². The van der Waals surface area contributed by atoms with Gasteiger partial charge >= 0.3 is 0 Å². The fourth-order valence-corrected chi connectivity index (χ4v) is 6.66. The molecule has 4 aliphatic rings. The molecule has 0 bridgehead atoms. The first-order valence-electron chi connectivity index (χ1n) is 13.2. The van der Waals surface area contributed by atoms with Gasteiger partial charge in [0.05, 0.1) is 6.20 Å². The van der Waals surface area contributed by atoms with Gasteiger partial charge in [-0.2, -0.15) is 5.10 Å². The van der Waals surface area contributed by atoms with Gasteiger partial charge in [0.25, 0.3) is 5.91 Å². The second-order valence-corrected chi connectivity index (χ2v) is 10.9. The molecule has 2 amide bonds. The van der Waals surface area contributed by atoms with Crippen molar-refractivity contribution in [1.82, 2.24) is 25.7 Å². The molecular formula is C28H35N5O2. The first-order valence-corrected chi connectivity index (χ1v) is 13.2. The van der Waals surface area contributed by atoms with E-state index < -0.39 is 6.04 Å². The molecule has 1 aromatic carbocycles.